The molecule has 0 amide bonds. The van der Waals surface area contributed by atoms with Gasteiger partial charge in [0.2, 0.25) is 0 Å². The first-order chi connectivity index (χ1) is 20.3. The first-order valence-corrected chi connectivity index (χ1v) is 14.2. The van der Waals surface area contributed by atoms with Crippen LogP contribution >= 0.6 is 0 Å². The third kappa shape index (κ3) is 8.59. The average molecular weight is 621 g/mol. The van der Waals surface area contributed by atoms with Gasteiger partial charge in [-0.2, -0.15) is 0 Å². The molecule has 0 bridgehead atoms. The quantitative estimate of drug-likeness (QED) is 0.0976. The fraction of sp³-hybridized carbons (Fsp3) is 0.750. The highest BCUT2D eigenvalue weighted by atomic mass is 16.8. The van der Waals surface area contributed by atoms with Crippen molar-refractivity contribution in [3.05, 3.63) is 29.3 Å². The van der Waals surface area contributed by atoms with Gasteiger partial charge in [0, 0.05) is 0 Å². The molecule has 2 fully saturated rings. The summed E-state index contributed by atoms with van der Waals surface area (Å²) in [6.45, 7) is 5.27. The highest BCUT2D eigenvalue weighted by Gasteiger charge is 2.46. The minimum absolute atomic E-state index is 0.00124. The molecular weight excluding hydrogens is 576 g/mol. The number of benzene rings is 1. The van der Waals surface area contributed by atoms with Crippen LogP contribution in [0, 0.1) is 0 Å². The summed E-state index contributed by atoms with van der Waals surface area (Å²) in [7, 11) is 0. The monoisotopic (exact) mass is 620 g/mol. The van der Waals surface area contributed by atoms with E-state index in [4.69, 9.17) is 28.4 Å². The fourth-order valence-electron chi connectivity index (χ4n) is 4.77. The van der Waals surface area contributed by atoms with Crippen LogP contribution in [-0.2, 0) is 23.7 Å². The van der Waals surface area contributed by atoms with E-state index in [9.17, 15) is 45.6 Å². The molecular formula is C28H44O15. The van der Waals surface area contributed by atoms with Crippen molar-refractivity contribution in [1.29, 1.82) is 0 Å². The third-order valence-electron chi connectivity index (χ3n) is 7.36. The van der Waals surface area contributed by atoms with Gasteiger partial charge < -0.3 is 69.3 Å². The van der Waals surface area contributed by atoms with E-state index in [2.05, 4.69) is 0 Å². The summed E-state index contributed by atoms with van der Waals surface area (Å²) >= 11 is 0. The molecule has 0 radical (unpaired) electrons. The number of rotatable bonds is 12. The molecule has 0 aliphatic carbocycles. The lowest BCUT2D eigenvalue weighted by Gasteiger charge is -2.40. The predicted molar refractivity (Wildman–Crippen MR) is 145 cm³/mol. The van der Waals surface area contributed by atoms with Gasteiger partial charge in [-0.1, -0.05) is 45.9 Å². The second-order valence-corrected chi connectivity index (χ2v) is 11.2. The summed E-state index contributed by atoms with van der Waals surface area (Å²) in [5.74, 6) is 0.323. The maximum absolute atomic E-state index is 13.1. The molecule has 10 atom stereocenters. The Hall–Kier alpha value is -1.99. The lowest BCUT2D eigenvalue weighted by molar-refractivity contribution is -0.314. The predicted octanol–water partition coefficient (Wildman–Crippen LogP) is -1.55. The Kier molecular flexibility index (Phi) is 13.1. The summed E-state index contributed by atoms with van der Waals surface area (Å²) in [4.78, 5) is 13.1. The summed E-state index contributed by atoms with van der Waals surface area (Å²) in [6.07, 6.45) is -18.2. The molecule has 2 saturated heterocycles. The molecule has 0 saturated carbocycles. The van der Waals surface area contributed by atoms with E-state index in [-0.39, 0.29) is 11.8 Å². The van der Waals surface area contributed by atoms with E-state index in [1.807, 2.05) is 45.9 Å². The van der Waals surface area contributed by atoms with Gasteiger partial charge >= 0.3 is 6.16 Å². The van der Waals surface area contributed by atoms with Crippen LogP contribution in [0.4, 0.5) is 4.79 Å². The number of para-hydroxylation sites is 1. The standard InChI is InChI=1S/C28H44O15/c1-12(2)15-6-5-7-16(13(3)4)25(15)43-28(37)40-14(10-38-26-23(35)21(33)19(31)17(8-29)41-26)11-39-27-24(36)22(34)20(32)18(9-30)42-27/h5-7,12-14,17-24,26-27,29-36H,8-11H2,1-4H3/t17-,18-,19-,20-,21+,22+,23-,24-,26-,27-/m1/s1. The van der Waals surface area contributed by atoms with Crippen LogP contribution < -0.4 is 4.74 Å². The van der Waals surface area contributed by atoms with Crippen molar-refractivity contribution >= 4 is 6.16 Å². The topological polar surface area (TPSA) is 234 Å². The molecule has 2 aliphatic rings. The minimum atomic E-state index is -1.73. The Bertz CT molecular complexity index is 952. The highest BCUT2D eigenvalue weighted by molar-refractivity contribution is 5.66. The Morgan fingerprint density at radius 3 is 1.51 bits per heavy atom. The Balaban J connectivity index is 1.77. The number of aliphatic hydroxyl groups is 8. The van der Waals surface area contributed by atoms with E-state index in [0.717, 1.165) is 11.1 Å². The Morgan fingerprint density at radius 1 is 0.721 bits per heavy atom. The molecule has 0 aromatic heterocycles. The summed E-state index contributed by atoms with van der Waals surface area (Å²) in [5, 5.41) is 79.7. The van der Waals surface area contributed by atoms with Crippen LogP contribution in [0.2, 0.25) is 0 Å². The second kappa shape index (κ2) is 15.8. The Morgan fingerprint density at radius 2 is 1.14 bits per heavy atom. The van der Waals surface area contributed by atoms with E-state index >= 15 is 0 Å². The van der Waals surface area contributed by atoms with Crippen LogP contribution in [0.1, 0.15) is 50.7 Å². The van der Waals surface area contributed by atoms with Gasteiger partial charge in [0.15, 0.2) is 18.7 Å². The highest BCUT2D eigenvalue weighted by Crippen LogP contribution is 2.35. The molecule has 2 heterocycles. The van der Waals surface area contributed by atoms with E-state index in [1.54, 1.807) is 0 Å². The lowest BCUT2D eigenvalue weighted by Crippen LogP contribution is -2.60. The smallest absolute Gasteiger partial charge is 0.426 e. The van der Waals surface area contributed by atoms with Crippen LogP contribution in [0.15, 0.2) is 18.2 Å². The molecule has 246 valence electrons. The zero-order chi connectivity index (χ0) is 32.0. The maximum atomic E-state index is 13.1. The van der Waals surface area contributed by atoms with E-state index < -0.39 is 100 Å². The fourth-order valence-corrected chi connectivity index (χ4v) is 4.77. The Labute approximate surface area is 249 Å². The lowest BCUT2D eigenvalue weighted by atomic mass is 9.94. The first-order valence-electron chi connectivity index (χ1n) is 14.2. The van der Waals surface area contributed by atoms with Crippen molar-refractivity contribution in [2.45, 2.75) is 107 Å². The van der Waals surface area contributed by atoms with Crippen molar-refractivity contribution in [3.8, 4) is 5.75 Å². The number of aliphatic hydroxyl groups excluding tert-OH is 8. The number of hydrogen-bond acceptors (Lipinski definition) is 15. The number of ether oxygens (including phenoxy) is 6. The summed E-state index contributed by atoms with van der Waals surface area (Å²) in [5.41, 5.74) is 1.52. The van der Waals surface area contributed by atoms with Crippen molar-refractivity contribution in [1.82, 2.24) is 0 Å². The van der Waals surface area contributed by atoms with Gasteiger partial charge in [0.25, 0.3) is 0 Å². The first kappa shape index (κ1) is 35.5. The second-order valence-electron chi connectivity index (χ2n) is 11.2. The van der Waals surface area contributed by atoms with Gasteiger partial charge in [0.1, 0.15) is 54.6 Å². The SMILES string of the molecule is CC(C)c1cccc(C(C)C)c1OC(=O)OC(CO[C@@H]1O[C@H](CO)[C@@H](O)[C@H](O)[C@H]1O)CO[C@@H]1O[C@H](CO)[C@@H](O)[C@H](O)[C@H]1O. The number of hydrogen-bond donors (Lipinski definition) is 8. The maximum Gasteiger partial charge on any atom is 0.514 e. The number of carbonyl (C=O) groups is 1. The van der Waals surface area contributed by atoms with E-state index in [1.165, 1.54) is 0 Å². The van der Waals surface area contributed by atoms with Crippen molar-refractivity contribution in [2.24, 2.45) is 0 Å². The van der Waals surface area contributed by atoms with Crippen molar-refractivity contribution in [3.63, 3.8) is 0 Å². The van der Waals surface area contributed by atoms with Crippen molar-refractivity contribution < 1.29 is 74.1 Å². The molecule has 3 rings (SSSR count). The van der Waals surface area contributed by atoms with E-state index in [0.29, 0.717) is 5.75 Å². The minimum Gasteiger partial charge on any atom is -0.426 e. The molecule has 2 aliphatic heterocycles. The average Bonchev–Trinajstić information content (AvgIpc) is 2.97. The van der Waals surface area contributed by atoms with Crippen LogP contribution in [0.3, 0.4) is 0 Å². The molecule has 0 unspecified atom stereocenters. The van der Waals surface area contributed by atoms with Gasteiger partial charge in [-0.05, 0) is 23.0 Å². The summed E-state index contributed by atoms with van der Waals surface area (Å²) in [6, 6.07) is 5.50. The molecule has 15 heteroatoms. The van der Waals surface area contributed by atoms with Gasteiger partial charge in [-0.3, -0.25) is 0 Å². The van der Waals surface area contributed by atoms with Gasteiger partial charge in [-0.25, -0.2) is 4.79 Å². The molecule has 0 spiro atoms. The molecule has 1 aromatic rings. The number of carbonyl (C=O) groups excluding carboxylic acids is 1. The molecule has 1 aromatic carbocycles. The van der Waals surface area contributed by atoms with Gasteiger partial charge in [-0.15, -0.1) is 0 Å². The van der Waals surface area contributed by atoms with Crippen LogP contribution in [0.5, 0.6) is 5.75 Å². The molecule has 8 N–H and O–H groups in total. The van der Waals surface area contributed by atoms with Crippen LogP contribution in [0.25, 0.3) is 0 Å². The third-order valence-corrected chi connectivity index (χ3v) is 7.36. The zero-order valence-corrected chi connectivity index (χ0v) is 24.5. The van der Waals surface area contributed by atoms with Crippen LogP contribution in [-0.4, -0.2) is 141 Å². The normalized spacial score (nSPS) is 33.3. The van der Waals surface area contributed by atoms with Gasteiger partial charge in [0.05, 0.1) is 26.4 Å². The zero-order valence-electron chi connectivity index (χ0n) is 24.5. The summed E-state index contributed by atoms with van der Waals surface area (Å²) < 4.78 is 32.8. The largest absolute Gasteiger partial charge is 0.514 e. The van der Waals surface area contributed by atoms with Crippen molar-refractivity contribution in [2.75, 3.05) is 26.4 Å². The molecule has 15 nitrogen and oxygen atoms in total. The molecule has 43 heavy (non-hydrogen) atoms.